The number of nitrogens with one attached hydrogen (secondary N) is 1. The lowest BCUT2D eigenvalue weighted by Gasteiger charge is -2.27. The number of benzene rings is 2. The molecule has 1 N–H and O–H groups in total. The molecule has 1 aliphatic rings. The van der Waals surface area contributed by atoms with E-state index in [0.717, 1.165) is 22.2 Å². The molecular formula is C18H13Cl2FN2O. The van der Waals surface area contributed by atoms with Crippen LogP contribution >= 0.6 is 23.2 Å². The molecular weight excluding hydrogens is 350 g/mol. The smallest absolute Gasteiger partial charge is 0.254 e. The van der Waals surface area contributed by atoms with E-state index in [0.29, 0.717) is 35.1 Å². The molecule has 0 bridgehead atoms. The van der Waals surface area contributed by atoms with Gasteiger partial charge in [0.05, 0.1) is 10.0 Å². The largest absolute Gasteiger partial charge is 0.358 e. The van der Waals surface area contributed by atoms with E-state index in [1.54, 1.807) is 29.2 Å². The van der Waals surface area contributed by atoms with E-state index in [1.807, 2.05) is 0 Å². The molecule has 0 radical (unpaired) electrons. The molecule has 24 heavy (non-hydrogen) atoms. The van der Waals surface area contributed by atoms with Crippen molar-refractivity contribution >= 4 is 40.0 Å². The summed E-state index contributed by atoms with van der Waals surface area (Å²) >= 11 is 11.9. The average Bonchev–Trinajstić information content (AvgIpc) is 2.94. The fourth-order valence-electron chi connectivity index (χ4n) is 3.17. The van der Waals surface area contributed by atoms with Gasteiger partial charge in [0.1, 0.15) is 5.82 Å². The first-order valence-corrected chi connectivity index (χ1v) is 8.32. The molecule has 0 spiro atoms. The van der Waals surface area contributed by atoms with Crippen LogP contribution in [0.1, 0.15) is 21.6 Å². The molecule has 1 amide bonds. The molecule has 0 saturated heterocycles. The highest BCUT2D eigenvalue weighted by molar-refractivity contribution is 6.42. The first-order valence-electron chi connectivity index (χ1n) is 7.56. The molecule has 1 aliphatic heterocycles. The highest BCUT2D eigenvalue weighted by atomic mass is 35.5. The van der Waals surface area contributed by atoms with Gasteiger partial charge in [0.25, 0.3) is 5.91 Å². The lowest BCUT2D eigenvalue weighted by molar-refractivity contribution is 0.0735. The van der Waals surface area contributed by atoms with E-state index in [9.17, 15) is 9.18 Å². The summed E-state index contributed by atoms with van der Waals surface area (Å²) < 4.78 is 13.6. The number of carbonyl (C=O) groups excluding carboxylic acids is 1. The van der Waals surface area contributed by atoms with Crippen molar-refractivity contribution in [2.75, 3.05) is 6.54 Å². The maximum Gasteiger partial charge on any atom is 0.254 e. The van der Waals surface area contributed by atoms with Crippen LogP contribution in [0.15, 0.2) is 36.4 Å². The number of carbonyl (C=O) groups is 1. The van der Waals surface area contributed by atoms with Crippen molar-refractivity contribution < 1.29 is 9.18 Å². The number of aromatic nitrogens is 1. The second kappa shape index (κ2) is 5.80. The van der Waals surface area contributed by atoms with Gasteiger partial charge in [-0.15, -0.1) is 0 Å². The number of nitrogens with zero attached hydrogens (tertiary/aromatic N) is 1. The zero-order valence-corrected chi connectivity index (χ0v) is 14.1. The third kappa shape index (κ3) is 2.56. The molecule has 1 aromatic heterocycles. The van der Waals surface area contributed by atoms with E-state index in [-0.39, 0.29) is 11.7 Å². The Labute approximate surface area is 148 Å². The summed E-state index contributed by atoms with van der Waals surface area (Å²) in [6.45, 7) is 1.04. The Balaban J connectivity index is 1.68. The predicted octanol–water partition coefficient (Wildman–Crippen LogP) is 4.81. The lowest BCUT2D eigenvalue weighted by atomic mass is 10.0. The molecule has 122 valence electrons. The third-order valence-electron chi connectivity index (χ3n) is 4.39. The minimum atomic E-state index is -0.280. The van der Waals surface area contributed by atoms with Crippen molar-refractivity contribution in [3.8, 4) is 0 Å². The van der Waals surface area contributed by atoms with Gasteiger partial charge in [-0.3, -0.25) is 4.79 Å². The Hall–Kier alpha value is -2.04. The molecule has 2 heterocycles. The maximum absolute atomic E-state index is 13.6. The summed E-state index contributed by atoms with van der Waals surface area (Å²) in [6, 6.07) is 9.54. The number of hydrogen-bond donors (Lipinski definition) is 1. The number of H-pyrrole nitrogens is 1. The number of fused-ring (bicyclic) bond motifs is 3. The van der Waals surface area contributed by atoms with Gasteiger partial charge in [-0.25, -0.2) is 4.39 Å². The highest BCUT2D eigenvalue weighted by Gasteiger charge is 2.25. The van der Waals surface area contributed by atoms with Crippen molar-refractivity contribution in [2.45, 2.75) is 13.0 Å². The van der Waals surface area contributed by atoms with Crippen LogP contribution in [0.5, 0.6) is 0 Å². The van der Waals surface area contributed by atoms with Crippen LogP contribution in [0.25, 0.3) is 10.9 Å². The van der Waals surface area contributed by atoms with Crippen molar-refractivity contribution in [3.63, 3.8) is 0 Å². The molecule has 3 nitrogen and oxygen atoms in total. The standard InChI is InChI=1S/C18H13Cl2FN2O/c19-14-3-1-10(7-15(14)20)18(24)23-6-5-17-13(9-23)12-8-11(21)2-4-16(12)22-17/h1-4,7-8,22H,5-6,9H2. The Kier molecular flexibility index (Phi) is 3.74. The summed E-state index contributed by atoms with van der Waals surface area (Å²) in [6.07, 6.45) is 0.707. The summed E-state index contributed by atoms with van der Waals surface area (Å²) in [4.78, 5) is 17.8. The van der Waals surface area contributed by atoms with Crippen molar-refractivity contribution in [3.05, 3.63) is 69.1 Å². The Morgan fingerprint density at radius 3 is 2.75 bits per heavy atom. The molecule has 2 aromatic carbocycles. The van der Waals surface area contributed by atoms with Crippen LogP contribution in [-0.4, -0.2) is 22.3 Å². The highest BCUT2D eigenvalue weighted by Crippen LogP contribution is 2.30. The third-order valence-corrected chi connectivity index (χ3v) is 5.13. The lowest BCUT2D eigenvalue weighted by Crippen LogP contribution is -2.35. The van der Waals surface area contributed by atoms with Gasteiger partial charge in [0.2, 0.25) is 0 Å². The predicted molar refractivity (Wildman–Crippen MR) is 93.2 cm³/mol. The Bertz CT molecular complexity index is 967. The molecule has 0 fully saturated rings. The van der Waals surface area contributed by atoms with Crippen molar-refractivity contribution in [1.82, 2.24) is 9.88 Å². The molecule has 0 aliphatic carbocycles. The molecule has 6 heteroatoms. The quantitative estimate of drug-likeness (QED) is 0.662. The van der Waals surface area contributed by atoms with E-state index in [2.05, 4.69) is 4.98 Å². The number of hydrogen-bond acceptors (Lipinski definition) is 1. The molecule has 0 saturated carbocycles. The van der Waals surface area contributed by atoms with Crippen LogP contribution in [0.3, 0.4) is 0 Å². The summed E-state index contributed by atoms with van der Waals surface area (Å²) in [5.74, 6) is -0.387. The summed E-state index contributed by atoms with van der Waals surface area (Å²) in [5.41, 5.74) is 3.43. The van der Waals surface area contributed by atoms with Gasteiger partial charge < -0.3 is 9.88 Å². The van der Waals surface area contributed by atoms with Crippen LogP contribution in [0.4, 0.5) is 4.39 Å². The topological polar surface area (TPSA) is 36.1 Å². The fourth-order valence-corrected chi connectivity index (χ4v) is 3.47. The molecule has 3 aromatic rings. The first kappa shape index (κ1) is 15.5. The van der Waals surface area contributed by atoms with E-state index < -0.39 is 0 Å². The molecule has 0 unspecified atom stereocenters. The zero-order valence-electron chi connectivity index (χ0n) is 12.6. The minimum Gasteiger partial charge on any atom is -0.358 e. The number of amides is 1. The fraction of sp³-hybridized carbons (Fsp3) is 0.167. The van der Waals surface area contributed by atoms with Gasteiger partial charge in [-0.1, -0.05) is 23.2 Å². The molecule has 0 atom stereocenters. The maximum atomic E-state index is 13.6. The number of aromatic amines is 1. The van der Waals surface area contributed by atoms with Gasteiger partial charge in [-0.05, 0) is 36.4 Å². The number of rotatable bonds is 1. The Morgan fingerprint density at radius 1 is 1.12 bits per heavy atom. The zero-order chi connectivity index (χ0) is 16.8. The van der Waals surface area contributed by atoms with Gasteiger partial charge in [0.15, 0.2) is 0 Å². The Morgan fingerprint density at radius 2 is 1.96 bits per heavy atom. The van der Waals surface area contributed by atoms with Crippen LogP contribution in [0.2, 0.25) is 10.0 Å². The van der Waals surface area contributed by atoms with Crippen molar-refractivity contribution in [2.24, 2.45) is 0 Å². The van der Waals surface area contributed by atoms with Crippen LogP contribution in [0, 0.1) is 5.82 Å². The van der Waals surface area contributed by atoms with Crippen molar-refractivity contribution in [1.29, 1.82) is 0 Å². The van der Waals surface area contributed by atoms with Gasteiger partial charge >= 0.3 is 0 Å². The monoisotopic (exact) mass is 362 g/mol. The normalized spacial score (nSPS) is 14.0. The van der Waals surface area contributed by atoms with Gasteiger partial charge in [0, 0.05) is 47.2 Å². The second-order valence-electron chi connectivity index (χ2n) is 5.88. The van der Waals surface area contributed by atoms with Gasteiger partial charge in [-0.2, -0.15) is 0 Å². The number of halogens is 3. The van der Waals surface area contributed by atoms with E-state index in [4.69, 9.17) is 23.2 Å². The van der Waals surface area contributed by atoms with Crippen LogP contribution in [-0.2, 0) is 13.0 Å². The minimum absolute atomic E-state index is 0.107. The average molecular weight is 363 g/mol. The second-order valence-corrected chi connectivity index (χ2v) is 6.69. The molecule has 4 rings (SSSR count). The first-order chi connectivity index (χ1) is 11.5. The SMILES string of the molecule is O=C(c1ccc(Cl)c(Cl)c1)N1CCc2[nH]c3ccc(F)cc3c2C1. The van der Waals surface area contributed by atoms with Crippen LogP contribution < -0.4 is 0 Å². The van der Waals surface area contributed by atoms with E-state index in [1.165, 1.54) is 12.1 Å². The summed E-state index contributed by atoms with van der Waals surface area (Å²) in [7, 11) is 0. The van der Waals surface area contributed by atoms with E-state index >= 15 is 0 Å². The summed E-state index contributed by atoms with van der Waals surface area (Å²) in [5, 5.41) is 1.60.